The molecule has 4 N–H and O–H groups in total. The number of nitrogens with two attached hydrogens (primary N) is 1. The van der Waals surface area contributed by atoms with E-state index in [1.807, 2.05) is 13.8 Å². The van der Waals surface area contributed by atoms with Crippen molar-refractivity contribution in [2.75, 3.05) is 6.54 Å². The normalized spacial score (nSPS) is 27.8. The van der Waals surface area contributed by atoms with E-state index in [2.05, 4.69) is 5.32 Å². The summed E-state index contributed by atoms with van der Waals surface area (Å²) < 4.78 is 0. The Morgan fingerprint density at radius 2 is 2.19 bits per heavy atom. The van der Waals surface area contributed by atoms with Gasteiger partial charge < -0.3 is 16.2 Å². The summed E-state index contributed by atoms with van der Waals surface area (Å²) >= 11 is 0. The molecule has 1 amide bonds. The number of hydrogen-bond donors (Lipinski definition) is 3. The molecule has 1 aliphatic rings. The van der Waals surface area contributed by atoms with Crippen molar-refractivity contribution >= 4 is 5.91 Å². The fourth-order valence-corrected chi connectivity index (χ4v) is 2.05. The highest BCUT2D eigenvalue weighted by Gasteiger charge is 2.25. The lowest BCUT2D eigenvalue weighted by atomic mass is 9.85. The minimum atomic E-state index is -0.457. The van der Waals surface area contributed by atoms with Crippen LogP contribution in [0.5, 0.6) is 0 Å². The number of hydrogen-bond acceptors (Lipinski definition) is 3. The van der Waals surface area contributed by atoms with E-state index >= 15 is 0 Å². The van der Waals surface area contributed by atoms with E-state index in [9.17, 15) is 9.90 Å². The lowest BCUT2D eigenvalue weighted by Gasteiger charge is -2.26. The number of nitrogens with one attached hydrogen (secondary N) is 1. The Hall–Kier alpha value is -0.610. The molecule has 0 heterocycles. The molecule has 1 saturated carbocycles. The van der Waals surface area contributed by atoms with E-state index in [1.54, 1.807) is 0 Å². The summed E-state index contributed by atoms with van der Waals surface area (Å²) in [5.74, 6) is 0.270. The third-order valence-corrected chi connectivity index (χ3v) is 3.34. The number of aliphatic hydroxyl groups is 1. The van der Waals surface area contributed by atoms with Gasteiger partial charge in [0.1, 0.15) is 0 Å². The van der Waals surface area contributed by atoms with Gasteiger partial charge in [-0.25, -0.2) is 0 Å². The van der Waals surface area contributed by atoms with Crippen molar-refractivity contribution < 1.29 is 9.90 Å². The number of carbonyl (C=O) groups excluding carboxylic acids is 1. The third kappa shape index (κ3) is 4.10. The summed E-state index contributed by atoms with van der Waals surface area (Å²) in [5, 5.41) is 12.4. The molecule has 1 fully saturated rings. The Morgan fingerprint density at radius 3 is 2.75 bits per heavy atom. The average molecular weight is 228 g/mol. The lowest BCUT2D eigenvalue weighted by molar-refractivity contribution is -0.126. The summed E-state index contributed by atoms with van der Waals surface area (Å²) in [6.45, 7) is 4.23. The highest BCUT2D eigenvalue weighted by molar-refractivity contribution is 5.78. The van der Waals surface area contributed by atoms with Gasteiger partial charge in [0, 0.05) is 18.5 Å². The second kappa shape index (κ2) is 6.21. The van der Waals surface area contributed by atoms with Crippen LogP contribution in [-0.4, -0.2) is 29.7 Å². The molecule has 1 rings (SSSR count). The number of aliphatic hydroxyl groups excluding tert-OH is 1. The quantitative estimate of drug-likeness (QED) is 0.661. The smallest absolute Gasteiger partial charge is 0.223 e. The fraction of sp³-hybridized carbons (Fsp3) is 0.917. The molecule has 4 heteroatoms. The van der Waals surface area contributed by atoms with Gasteiger partial charge in [0.15, 0.2) is 0 Å². The van der Waals surface area contributed by atoms with Crippen LogP contribution < -0.4 is 11.1 Å². The first-order chi connectivity index (χ1) is 7.50. The van der Waals surface area contributed by atoms with Crippen LogP contribution in [0.15, 0.2) is 0 Å². The van der Waals surface area contributed by atoms with E-state index in [0.29, 0.717) is 6.54 Å². The van der Waals surface area contributed by atoms with Gasteiger partial charge in [0.25, 0.3) is 0 Å². The standard InChI is InChI=1S/C12H24N2O2/c1-8(2)11(15)7-14-12(16)9-4-3-5-10(13)6-9/h8-11,15H,3-7,13H2,1-2H3,(H,14,16). The zero-order chi connectivity index (χ0) is 12.1. The molecule has 0 spiro atoms. The number of rotatable bonds is 4. The van der Waals surface area contributed by atoms with Gasteiger partial charge in [-0.05, 0) is 25.2 Å². The molecule has 1 aliphatic carbocycles. The molecule has 0 aliphatic heterocycles. The zero-order valence-corrected chi connectivity index (χ0v) is 10.3. The van der Waals surface area contributed by atoms with Gasteiger partial charge in [-0.3, -0.25) is 4.79 Å². The van der Waals surface area contributed by atoms with Crippen molar-refractivity contribution in [3.63, 3.8) is 0 Å². The van der Waals surface area contributed by atoms with Crippen molar-refractivity contribution in [3.05, 3.63) is 0 Å². The Balaban J connectivity index is 2.29. The van der Waals surface area contributed by atoms with E-state index in [4.69, 9.17) is 5.73 Å². The SMILES string of the molecule is CC(C)C(O)CNC(=O)C1CCCC(N)C1. The maximum atomic E-state index is 11.8. The molecule has 3 unspecified atom stereocenters. The molecule has 4 nitrogen and oxygen atoms in total. The molecular formula is C12H24N2O2. The summed E-state index contributed by atoms with van der Waals surface area (Å²) in [7, 11) is 0. The van der Waals surface area contributed by atoms with Crippen LogP contribution in [0.25, 0.3) is 0 Å². The average Bonchev–Trinajstić information content (AvgIpc) is 2.25. The van der Waals surface area contributed by atoms with Gasteiger partial charge in [-0.1, -0.05) is 20.3 Å². The Labute approximate surface area is 97.6 Å². The van der Waals surface area contributed by atoms with E-state index in [1.165, 1.54) is 0 Å². The van der Waals surface area contributed by atoms with Crippen molar-refractivity contribution in [1.29, 1.82) is 0 Å². The van der Waals surface area contributed by atoms with Crippen LogP contribution in [0.1, 0.15) is 39.5 Å². The van der Waals surface area contributed by atoms with Gasteiger partial charge in [-0.15, -0.1) is 0 Å². The maximum Gasteiger partial charge on any atom is 0.223 e. The van der Waals surface area contributed by atoms with Gasteiger partial charge in [-0.2, -0.15) is 0 Å². The van der Waals surface area contributed by atoms with Crippen LogP contribution in [0.4, 0.5) is 0 Å². The summed E-state index contributed by atoms with van der Waals surface area (Å²) in [4.78, 5) is 11.8. The maximum absolute atomic E-state index is 11.8. The molecular weight excluding hydrogens is 204 g/mol. The molecule has 0 saturated heterocycles. The minimum Gasteiger partial charge on any atom is -0.391 e. The molecule has 0 bridgehead atoms. The predicted molar refractivity (Wildman–Crippen MR) is 63.8 cm³/mol. The second-order valence-corrected chi connectivity index (χ2v) is 5.18. The lowest BCUT2D eigenvalue weighted by Crippen LogP contribution is -2.41. The number of amides is 1. The first-order valence-corrected chi connectivity index (χ1v) is 6.22. The Kier molecular flexibility index (Phi) is 5.22. The largest absolute Gasteiger partial charge is 0.391 e. The molecule has 0 aromatic carbocycles. The van der Waals surface area contributed by atoms with E-state index in [0.717, 1.165) is 25.7 Å². The van der Waals surface area contributed by atoms with Crippen LogP contribution in [0.2, 0.25) is 0 Å². The Bertz CT molecular complexity index is 231. The molecule has 0 aromatic rings. The van der Waals surface area contributed by atoms with Gasteiger partial charge in [0.05, 0.1) is 6.10 Å². The van der Waals surface area contributed by atoms with Crippen molar-refractivity contribution in [3.8, 4) is 0 Å². The van der Waals surface area contributed by atoms with Crippen molar-refractivity contribution in [1.82, 2.24) is 5.32 Å². The summed E-state index contributed by atoms with van der Waals surface area (Å²) in [6.07, 6.45) is 3.31. The minimum absolute atomic E-state index is 0.0445. The fourth-order valence-electron chi connectivity index (χ4n) is 2.05. The van der Waals surface area contributed by atoms with Crippen molar-refractivity contribution in [2.24, 2.45) is 17.6 Å². The Morgan fingerprint density at radius 1 is 1.50 bits per heavy atom. The molecule has 16 heavy (non-hydrogen) atoms. The molecule has 0 radical (unpaired) electrons. The van der Waals surface area contributed by atoms with Crippen molar-refractivity contribution in [2.45, 2.75) is 51.7 Å². The molecule has 3 atom stereocenters. The van der Waals surface area contributed by atoms with E-state index < -0.39 is 6.10 Å². The first kappa shape index (κ1) is 13.5. The summed E-state index contributed by atoms with van der Waals surface area (Å²) in [5.41, 5.74) is 5.84. The second-order valence-electron chi connectivity index (χ2n) is 5.18. The van der Waals surface area contributed by atoms with Crippen LogP contribution in [0.3, 0.4) is 0 Å². The third-order valence-electron chi connectivity index (χ3n) is 3.34. The first-order valence-electron chi connectivity index (χ1n) is 6.22. The van der Waals surface area contributed by atoms with Crippen LogP contribution in [0, 0.1) is 11.8 Å². The molecule has 0 aromatic heterocycles. The monoisotopic (exact) mass is 228 g/mol. The van der Waals surface area contributed by atoms with E-state index in [-0.39, 0.29) is 23.8 Å². The van der Waals surface area contributed by atoms with Gasteiger partial charge in [0.2, 0.25) is 5.91 Å². The van der Waals surface area contributed by atoms with Gasteiger partial charge >= 0.3 is 0 Å². The summed E-state index contributed by atoms with van der Waals surface area (Å²) in [6, 6.07) is 0.166. The predicted octanol–water partition coefficient (Wildman–Crippen LogP) is 0.637. The topological polar surface area (TPSA) is 75.3 Å². The van der Waals surface area contributed by atoms with Crippen LogP contribution >= 0.6 is 0 Å². The van der Waals surface area contributed by atoms with Crippen LogP contribution in [-0.2, 0) is 4.79 Å². The highest BCUT2D eigenvalue weighted by Crippen LogP contribution is 2.23. The number of carbonyl (C=O) groups is 1. The zero-order valence-electron chi connectivity index (χ0n) is 10.3. The molecule has 94 valence electrons. The highest BCUT2D eigenvalue weighted by atomic mass is 16.3.